The zero-order valence-corrected chi connectivity index (χ0v) is 9.11. The number of anilines is 1. The molecule has 0 bridgehead atoms. The molecule has 2 rings (SSSR count). The highest BCUT2D eigenvalue weighted by atomic mass is 16.6. The molecule has 2 heterocycles. The molecule has 2 aromatic heterocycles. The molecule has 1 N–H and O–H groups in total. The third-order valence-electron chi connectivity index (χ3n) is 2.14. The lowest BCUT2D eigenvalue weighted by Gasteiger charge is -2.03. The molecular formula is C11H8N4O3. The summed E-state index contributed by atoms with van der Waals surface area (Å²) in [4.78, 5) is 29.2. The number of hydrogen-bond donors (Lipinski definition) is 1. The van der Waals surface area contributed by atoms with E-state index in [1.807, 2.05) is 0 Å². The van der Waals surface area contributed by atoms with Crippen molar-refractivity contribution in [2.45, 2.75) is 0 Å². The van der Waals surface area contributed by atoms with E-state index in [1.54, 1.807) is 12.1 Å². The maximum atomic E-state index is 11.8. The van der Waals surface area contributed by atoms with Crippen LogP contribution in [0, 0.1) is 10.1 Å². The van der Waals surface area contributed by atoms with Crippen LogP contribution in [0.4, 0.5) is 11.4 Å². The van der Waals surface area contributed by atoms with Gasteiger partial charge in [0.1, 0.15) is 6.20 Å². The van der Waals surface area contributed by atoms with Gasteiger partial charge < -0.3 is 5.32 Å². The lowest BCUT2D eigenvalue weighted by Crippen LogP contribution is -2.12. The molecule has 0 aliphatic rings. The molecule has 1 amide bonds. The van der Waals surface area contributed by atoms with Crippen molar-refractivity contribution in [3.8, 4) is 0 Å². The van der Waals surface area contributed by atoms with Gasteiger partial charge in [0.25, 0.3) is 11.6 Å². The molecule has 18 heavy (non-hydrogen) atoms. The summed E-state index contributed by atoms with van der Waals surface area (Å²) in [6.45, 7) is 0. The second-order valence-corrected chi connectivity index (χ2v) is 3.38. The number of aromatic nitrogens is 2. The minimum atomic E-state index is -0.601. The summed E-state index contributed by atoms with van der Waals surface area (Å²) in [5, 5.41) is 13.1. The number of nitrogens with zero attached hydrogens (tertiary/aromatic N) is 3. The number of pyridine rings is 2. The summed E-state index contributed by atoms with van der Waals surface area (Å²) in [5.74, 6) is -0.461. The summed E-state index contributed by atoms with van der Waals surface area (Å²) in [6, 6.07) is 4.40. The van der Waals surface area contributed by atoms with Crippen LogP contribution in [0.2, 0.25) is 0 Å². The van der Waals surface area contributed by atoms with E-state index in [4.69, 9.17) is 0 Å². The molecule has 0 aliphatic heterocycles. The Morgan fingerprint density at radius 2 is 1.94 bits per heavy atom. The van der Waals surface area contributed by atoms with Crippen LogP contribution in [0.1, 0.15) is 10.4 Å². The number of amides is 1. The molecule has 0 saturated heterocycles. The summed E-state index contributed by atoms with van der Waals surface area (Å²) in [7, 11) is 0. The number of nitro groups is 1. The third-order valence-corrected chi connectivity index (χ3v) is 2.14. The van der Waals surface area contributed by atoms with Gasteiger partial charge in [-0.1, -0.05) is 0 Å². The lowest BCUT2D eigenvalue weighted by atomic mass is 10.2. The molecule has 0 spiro atoms. The van der Waals surface area contributed by atoms with Crippen LogP contribution in [0.3, 0.4) is 0 Å². The molecule has 7 heteroatoms. The first-order valence-electron chi connectivity index (χ1n) is 4.97. The minimum absolute atomic E-state index is 0.126. The number of carbonyl (C=O) groups is 1. The van der Waals surface area contributed by atoms with E-state index >= 15 is 0 Å². The van der Waals surface area contributed by atoms with Gasteiger partial charge in [0.2, 0.25) is 0 Å². The Balaban J connectivity index is 2.19. The van der Waals surface area contributed by atoms with E-state index in [0.29, 0.717) is 5.69 Å². The van der Waals surface area contributed by atoms with Crippen molar-refractivity contribution in [1.82, 2.24) is 9.97 Å². The molecule has 0 saturated carbocycles. The first-order valence-corrected chi connectivity index (χ1v) is 4.97. The molecule has 0 unspecified atom stereocenters. The summed E-state index contributed by atoms with van der Waals surface area (Å²) >= 11 is 0. The number of hydrogen-bond acceptors (Lipinski definition) is 5. The van der Waals surface area contributed by atoms with E-state index in [9.17, 15) is 14.9 Å². The topological polar surface area (TPSA) is 98.0 Å². The van der Waals surface area contributed by atoms with Gasteiger partial charge in [-0.15, -0.1) is 0 Å². The monoisotopic (exact) mass is 244 g/mol. The third kappa shape index (κ3) is 2.64. The van der Waals surface area contributed by atoms with Gasteiger partial charge in [-0.3, -0.25) is 24.9 Å². The molecule has 0 atom stereocenters. The quantitative estimate of drug-likeness (QED) is 0.653. The Kier molecular flexibility index (Phi) is 3.24. The van der Waals surface area contributed by atoms with Crippen LogP contribution >= 0.6 is 0 Å². The highest BCUT2D eigenvalue weighted by Crippen LogP contribution is 2.13. The maximum absolute atomic E-state index is 11.8. The lowest BCUT2D eigenvalue weighted by molar-refractivity contribution is -0.385. The molecule has 0 radical (unpaired) electrons. The van der Waals surface area contributed by atoms with Crippen molar-refractivity contribution in [2.24, 2.45) is 0 Å². The Morgan fingerprint density at radius 3 is 2.61 bits per heavy atom. The highest BCUT2D eigenvalue weighted by Gasteiger charge is 2.12. The second-order valence-electron chi connectivity index (χ2n) is 3.38. The highest BCUT2D eigenvalue weighted by molar-refractivity contribution is 6.04. The number of rotatable bonds is 3. The standard InChI is InChI=1S/C11H8N4O3/c16-11(14-9-1-3-12-4-2-9)8-5-10(15(17)18)7-13-6-8/h1-7H,(H,12,14,16). The van der Waals surface area contributed by atoms with Gasteiger partial charge in [-0.25, -0.2) is 0 Å². The van der Waals surface area contributed by atoms with E-state index in [1.165, 1.54) is 24.7 Å². The van der Waals surface area contributed by atoms with Crippen molar-refractivity contribution in [1.29, 1.82) is 0 Å². The van der Waals surface area contributed by atoms with Gasteiger partial charge >= 0.3 is 0 Å². The van der Waals surface area contributed by atoms with Gasteiger partial charge in [0, 0.05) is 30.3 Å². The number of carbonyl (C=O) groups excluding carboxylic acids is 1. The average molecular weight is 244 g/mol. The largest absolute Gasteiger partial charge is 0.322 e. The first-order chi connectivity index (χ1) is 8.66. The van der Waals surface area contributed by atoms with E-state index in [-0.39, 0.29) is 11.3 Å². The number of nitrogens with one attached hydrogen (secondary N) is 1. The van der Waals surface area contributed by atoms with Crippen LogP contribution in [-0.4, -0.2) is 20.8 Å². The van der Waals surface area contributed by atoms with Crippen molar-refractivity contribution >= 4 is 17.3 Å². The van der Waals surface area contributed by atoms with Crippen molar-refractivity contribution in [3.05, 3.63) is 58.7 Å². The predicted octanol–water partition coefficient (Wildman–Crippen LogP) is 1.64. The average Bonchev–Trinajstić information content (AvgIpc) is 2.40. The van der Waals surface area contributed by atoms with Crippen molar-refractivity contribution in [3.63, 3.8) is 0 Å². The maximum Gasteiger partial charge on any atom is 0.288 e. The van der Waals surface area contributed by atoms with Gasteiger partial charge in [-0.05, 0) is 12.1 Å². The molecule has 7 nitrogen and oxygen atoms in total. The molecule has 0 aliphatic carbocycles. The van der Waals surface area contributed by atoms with Crippen molar-refractivity contribution in [2.75, 3.05) is 5.32 Å². The van der Waals surface area contributed by atoms with Crippen LogP contribution in [0.15, 0.2) is 43.0 Å². The Bertz CT molecular complexity index is 586. The summed E-state index contributed by atoms with van der Waals surface area (Å²) < 4.78 is 0. The zero-order valence-electron chi connectivity index (χ0n) is 9.11. The van der Waals surface area contributed by atoms with E-state index < -0.39 is 10.8 Å². The molecule has 0 aromatic carbocycles. The molecule has 90 valence electrons. The summed E-state index contributed by atoms with van der Waals surface area (Å²) in [5.41, 5.74) is 0.458. The van der Waals surface area contributed by atoms with Crippen molar-refractivity contribution < 1.29 is 9.72 Å². The van der Waals surface area contributed by atoms with Gasteiger partial charge in [0.15, 0.2) is 0 Å². The Morgan fingerprint density at radius 1 is 1.22 bits per heavy atom. The SMILES string of the molecule is O=C(Nc1ccncc1)c1cncc([N+](=O)[O-])c1. The fourth-order valence-corrected chi connectivity index (χ4v) is 1.29. The molecule has 2 aromatic rings. The van der Waals surface area contributed by atoms with Gasteiger partial charge in [0.05, 0.1) is 10.5 Å². The molecule has 0 fully saturated rings. The fraction of sp³-hybridized carbons (Fsp3) is 0. The smallest absolute Gasteiger partial charge is 0.288 e. The van der Waals surface area contributed by atoms with E-state index in [2.05, 4.69) is 15.3 Å². The first kappa shape index (κ1) is 11.6. The predicted molar refractivity (Wildman–Crippen MR) is 63.1 cm³/mol. The fourth-order valence-electron chi connectivity index (χ4n) is 1.29. The normalized spacial score (nSPS) is 9.78. The molecular weight excluding hydrogens is 236 g/mol. The Labute approximate surface area is 102 Å². The van der Waals surface area contributed by atoms with Crippen LogP contribution < -0.4 is 5.32 Å². The van der Waals surface area contributed by atoms with Crippen LogP contribution in [0.25, 0.3) is 0 Å². The van der Waals surface area contributed by atoms with Gasteiger partial charge in [-0.2, -0.15) is 0 Å². The summed E-state index contributed by atoms with van der Waals surface area (Å²) in [6.07, 6.45) is 5.41. The van der Waals surface area contributed by atoms with E-state index in [0.717, 1.165) is 6.20 Å². The zero-order chi connectivity index (χ0) is 13.0. The minimum Gasteiger partial charge on any atom is -0.322 e. The van der Waals surface area contributed by atoms with Crippen LogP contribution in [-0.2, 0) is 0 Å². The Hall–Kier alpha value is -2.83. The second kappa shape index (κ2) is 5.00. The van der Waals surface area contributed by atoms with Crippen LogP contribution in [0.5, 0.6) is 0 Å².